The second-order valence-corrected chi connectivity index (χ2v) is 11.3. The standard InChI is InChI=1S/C34H28N8O2/c1-40-30-19-36-29-11-8-23(25-16-24-4-2-3-5-28(24)35-18-25)17-27(29)31(30)42(34(40)44)26-9-6-21(7-10-26)22-12-14-41(15-13-22)33(43)32-37-20-38-39-32/h2-11,16-20,22H,12-15H2,1H3,(H,37,38,39). The number of carbonyl (C=O) groups is 1. The molecule has 1 fully saturated rings. The molecule has 1 N–H and O–H groups in total. The smallest absolute Gasteiger partial charge is 0.333 e. The third-order valence-electron chi connectivity index (χ3n) is 8.83. The molecule has 7 aromatic rings. The number of hydrogen-bond donors (Lipinski definition) is 1. The van der Waals surface area contributed by atoms with E-state index >= 15 is 0 Å². The van der Waals surface area contributed by atoms with Crippen molar-refractivity contribution in [3.05, 3.63) is 113 Å². The lowest BCUT2D eigenvalue weighted by Crippen LogP contribution is -2.38. The van der Waals surface area contributed by atoms with Crippen LogP contribution in [0.4, 0.5) is 0 Å². The van der Waals surface area contributed by atoms with Crippen molar-refractivity contribution in [2.24, 2.45) is 7.05 Å². The van der Waals surface area contributed by atoms with Crippen molar-refractivity contribution < 1.29 is 4.79 Å². The van der Waals surface area contributed by atoms with Crippen molar-refractivity contribution in [1.82, 2.24) is 39.2 Å². The van der Waals surface area contributed by atoms with Crippen molar-refractivity contribution in [3.63, 3.8) is 0 Å². The van der Waals surface area contributed by atoms with Crippen molar-refractivity contribution in [1.29, 1.82) is 0 Å². The van der Waals surface area contributed by atoms with Crippen LogP contribution >= 0.6 is 0 Å². The van der Waals surface area contributed by atoms with Gasteiger partial charge >= 0.3 is 5.69 Å². The summed E-state index contributed by atoms with van der Waals surface area (Å²) in [4.78, 5) is 41.5. The number of nitrogens with one attached hydrogen (secondary N) is 1. The molecule has 3 aromatic carbocycles. The predicted molar refractivity (Wildman–Crippen MR) is 169 cm³/mol. The number of fused-ring (bicyclic) bond motifs is 4. The lowest BCUT2D eigenvalue weighted by Gasteiger charge is -2.31. The van der Waals surface area contributed by atoms with E-state index in [0.717, 1.165) is 62.5 Å². The molecule has 5 heterocycles. The summed E-state index contributed by atoms with van der Waals surface area (Å²) in [5.74, 6) is 0.487. The number of aromatic nitrogens is 7. The molecular weight excluding hydrogens is 552 g/mol. The van der Waals surface area contributed by atoms with Gasteiger partial charge in [0.15, 0.2) is 0 Å². The molecule has 8 rings (SSSR count). The first-order valence-electron chi connectivity index (χ1n) is 14.7. The van der Waals surface area contributed by atoms with E-state index in [2.05, 4.69) is 61.5 Å². The Balaban J connectivity index is 1.14. The van der Waals surface area contributed by atoms with Gasteiger partial charge in [0.25, 0.3) is 5.91 Å². The number of aryl methyl sites for hydroxylation is 1. The summed E-state index contributed by atoms with van der Waals surface area (Å²) in [5, 5.41) is 8.42. The molecule has 0 atom stereocenters. The molecule has 0 aliphatic carbocycles. The molecule has 1 aliphatic rings. The molecular formula is C34H28N8O2. The van der Waals surface area contributed by atoms with E-state index in [9.17, 15) is 9.59 Å². The fraction of sp³-hybridized carbons (Fsp3) is 0.176. The third-order valence-corrected chi connectivity index (χ3v) is 8.83. The number of nitrogens with zero attached hydrogens (tertiary/aromatic N) is 7. The minimum absolute atomic E-state index is 0.117. The highest BCUT2D eigenvalue weighted by atomic mass is 16.2. The first kappa shape index (κ1) is 26.0. The lowest BCUT2D eigenvalue weighted by molar-refractivity contribution is 0.0701. The summed E-state index contributed by atoms with van der Waals surface area (Å²) in [6.07, 6.45) is 6.73. The monoisotopic (exact) mass is 580 g/mol. The van der Waals surface area contributed by atoms with Crippen molar-refractivity contribution in [2.45, 2.75) is 18.8 Å². The molecule has 44 heavy (non-hydrogen) atoms. The maximum absolute atomic E-state index is 13.7. The Bertz CT molecular complexity index is 2240. The van der Waals surface area contributed by atoms with Gasteiger partial charge in [0, 0.05) is 42.7 Å². The number of H-pyrrole nitrogens is 1. The SMILES string of the molecule is Cn1c(=O)n(-c2ccc(C3CCN(C(=O)c4ncn[nH]4)CC3)cc2)c2c3cc(-c4cnc5ccccc5c4)ccc3ncc21. The Labute approximate surface area is 251 Å². The fourth-order valence-electron chi connectivity index (χ4n) is 6.42. The first-order chi connectivity index (χ1) is 21.5. The average Bonchev–Trinajstić information content (AvgIpc) is 3.71. The van der Waals surface area contributed by atoms with Crippen LogP contribution in [-0.2, 0) is 7.05 Å². The highest BCUT2D eigenvalue weighted by molar-refractivity contribution is 6.05. The number of aromatic amines is 1. The molecule has 4 aromatic heterocycles. The maximum atomic E-state index is 13.7. The summed E-state index contributed by atoms with van der Waals surface area (Å²) >= 11 is 0. The van der Waals surface area contributed by atoms with Crippen LogP contribution in [0.15, 0.2) is 96.3 Å². The van der Waals surface area contributed by atoms with Crippen LogP contribution in [0.3, 0.4) is 0 Å². The number of rotatable bonds is 4. The molecule has 10 heteroatoms. The summed E-state index contributed by atoms with van der Waals surface area (Å²) < 4.78 is 3.44. The van der Waals surface area contributed by atoms with Crippen LogP contribution in [-0.4, -0.2) is 58.2 Å². The van der Waals surface area contributed by atoms with Gasteiger partial charge in [-0.15, -0.1) is 0 Å². The number of amides is 1. The van der Waals surface area contributed by atoms with Crippen LogP contribution < -0.4 is 5.69 Å². The molecule has 1 saturated heterocycles. The maximum Gasteiger partial charge on any atom is 0.333 e. The van der Waals surface area contributed by atoms with Gasteiger partial charge in [-0.05, 0) is 66.3 Å². The van der Waals surface area contributed by atoms with Crippen molar-refractivity contribution >= 4 is 38.7 Å². The minimum atomic E-state index is -0.126. The van der Waals surface area contributed by atoms with E-state index < -0.39 is 0 Å². The molecule has 216 valence electrons. The fourth-order valence-corrected chi connectivity index (χ4v) is 6.42. The Morgan fingerprint density at radius 3 is 2.45 bits per heavy atom. The second kappa shape index (κ2) is 10.3. The van der Waals surface area contributed by atoms with Gasteiger partial charge in [0.1, 0.15) is 6.33 Å². The number of benzene rings is 3. The van der Waals surface area contributed by atoms with E-state index in [-0.39, 0.29) is 17.4 Å². The topological polar surface area (TPSA) is 115 Å². The minimum Gasteiger partial charge on any atom is -0.336 e. The van der Waals surface area contributed by atoms with Gasteiger partial charge in [-0.2, -0.15) is 5.10 Å². The van der Waals surface area contributed by atoms with E-state index in [1.807, 2.05) is 47.5 Å². The van der Waals surface area contributed by atoms with Crippen LogP contribution in [0.25, 0.3) is 49.7 Å². The number of para-hydroxylation sites is 1. The molecule has 0 unspecified atom stereocenters. The summed E-state index contributed by atoms with van der Waals surface area (Å²) in [5.41, 5.74) is 7.25. The zero-order valence-electron chi connectivity index (χ0n) is 24.0. The van der Waals surface area contributed by atoms with Crippen LogP contribution in [0.1, 0.15) is 34.9 Å². The Hall–Kier alpha value is -5.64. The molecule has 0 radical (unpaired) electrons. The Morgan fingerprint density at radius 1 is 0.864 bits per heavy atom. The quantitative estimate of drug-likeness (QED) is 0.305. The van der Waals surface area contributed by atoms with Crippen molar-refractivity contribution in [3.8, 4) is 16.8 Å². The summed E-state index contributed by atoms with van der Waals surface area (Å²) in [7, 11) is 1.79. The van der Waals surface area contributed by atoms with E-state index in [1.165, 1.54) is 11.9 Å². The van der Waals surface area contributed by atoms with Gasteiger partial charge in [0.2, 0.25) is 5.82 Å². The number of imidazole rings is 1. The zero-order chi connectivity index (χ0) is 29.8. The van der Waals surface area contributed by atoms with Gasteiger partial charge < -0.3 is 4.90 Å². The number of pyridine rings is 2. The van der Waals surface area contributed by atoms with Gasteiger partial charge in [-0.1, -0.05) is 36.4 Å². The third kappa shape index (κ3) is 4.26. The molecule has 0 saturated carbocycles. The van der Waals surface area contributed by atoms with Crippen molar-refractivity contribution in [2.75, 3.05) is 13.1 Å². The highest BCUT2D eigenvalue weighted by Gasteiger charge is 2.26. The number of carbonyl (C=O) groups excluding carboxylic acids is 1. The molecule has 0 spiro atoms. The van der Waals surface area contributed by atoms with E-state index in [0.29, 0.717) is 19.0 Å². The molecule has 0 bridgehead atoms. The van der Waals surface area contributed by atoms with Gasteiger partial charge in [0.05, 0.1) is 34.0 Å². The molecule has 10 nitrogen and oxygen atoms in total. The van der Waals surface area contributed by atoms with Crippen LogP contribution in [0.2, 0.25) is 0 Å². The van der Waals surface area contributed by atoms with E-state index in [1.54, 1.807) is 22.4 Å². The van der Waals surface area contributed by atoms with Crippen LogP contribution in [0.5, 0.6) is 0 Å². The predicted octanol–water partition coefficient (Wildman–Crippen LogP) is 5.23. The second-order valence-electron chi connectivity index (χ2n) is 11.3. The summed E-state index contributed by atoms with van der Waals surface area (Å²) in [6, 6.07) is 24.6. The Morgan fingerprint density at radius 2 is 1.66 bits per heavy atom. The molecule has 1 amide bonds. The number of piperidine rings is 1. The lowest BCUT2D eigenvalue weighted by atomic mass is 9.89. The molecule has 1 aliphatic heterocycles. The zero-order valence-corrected chi connectivity index (χ0v) is 24.0. The Kier molecular flexibility index (Phi) is 6.07. The normalized spacial score (nSPS) is 14.2. The first-order valence-corrected chi connectivity index (χ1v) is 14.7. The summed E-state index contributed by atoms with van der Waals surface area (Å²) in [6.45, 7) is 1.31. The number of likely N-dealkylation sites (tertiary alicyclic amines) is 1. The average molecular weight is 581 g/mol. The van der Waals surface area contributed by atoms with Gasteiger partial charge in [-0.25, -0.2) is 9.78 Å². The highest BCUT2D eigenvalue weighted by Crippen LogP contribution is 2.32. The van der Waals surface area contributed by atoms with Crippen LogP contribution in [0, 0.1) is 0 Å². The number of hydrogen-bond acceptors (Lipinski definition) is 6. The van der Waals surface area contributed by atoms with Gasteiger partial charge in [-0.3, -0.25) is 29.0 Å². The van der Waals surface area contributed by atoms with E-state index in [4.69, 9.17) is 0 Å². The largest absolute Gasteiger partial charge is 0.336 e.